The SMILES string of the molecule is CC1CCC(N[C@@H]2C(CO)O[C@H](OC3O[C@H]4CC(C)[C@@H](O[C@@H]5C(NC(=O)OCc6ccccc6)C[C@@H](NC(=O)OCc6ccccc6)C(O)[C@H]5O)OC4C4OC(=O)N(C)C34)C(O)[C@H]2O)CC1. The van der Waals surface area contributed by atoms with E-state index in [9.17, 15) is 39.9 Å². The first-order valence-corrected chi connectivity index (χ1v) is 23.0. The summed E-state index contributed by atoms with van der Waals surface area (Å²) >= 11 is 0. The summed E-state index contributed by atoms with van der Waals surface area (Å²) in [6, 6.07) is 14.3. The Bertz CT molecular complexity index is 1910. The average Bonchev–Trinajstić information content (AvgIpc) is 3.62. The van der Waals surface area contributed by atoms with E-state index in [1.807, 2.05) is 19.1 Å². The third-order valence-electron chi connectivity index (χ3n) is 13.9. The fourth-order valence-electron chi connectivity index (χ4n) is 10.1. The second-order valence-electron chi connectivity index (χ2n) is 18.6. The van der Waals surface area contributed by atoms with Crippen LogP contribution < -0.4 is 16.0 Å². The van der Waals surface area contributed by atoms with Gasteiger partial charge in [0, 0.05) is 19.0 Å². The van der Waals surface area contributed by atoms with Crippen molar-refractivity contribution in [3.05, 3.63) is 71.8 Å². The van der Waals surface area contributed by atoms with Crippen molar-refractivity contribution in [2.75, 3.05) is 13.7 Å². The van der Waals surface area contributed by atoms with E-state index in [2.05, 4.69) is 22.9 Å². The molecule has 3 amide bonds. The van der Waals surface area contributed by atoms with Gasteiger partial charge in [-0.25, -0.2) is 14.4 Å². The summed E-state index contributed by atoms with van der Waals surface area (Å²) in [5, 5.41) is 64.9. The summed E-state index contributed by atoms with van der Waals surface area (Å²) in [4.78, 5) is 40.7. The van der Waals surface area contributed by atoms with E-state index in [-0.39, 0.29) is 32.1 Å². The molecule has 4 aliphatic heterocycles. The molecular formula is C46H64N4O16. The molecule has 66 heavy (non-hydrogen) atoms. The number of fused-ring (bicyclic) bond motifs is 3. The molecular weight excluding hydrogens is 865 g/mol. The van der Waals surface area contributed by atoms with E-state index >= 15 is 0 Å². The van der Waals surface area contributed by atoms with Crippen molar-refractivity contribution in [3.63, 3.8) is 0 Å². The lowest BCUT2D eigenvalue weighted by atomic mass is 9.83. The van der Waals surface area contributed by atoms with E-state index in [4.69, 9.17) is 37.9 Å². The molecule has 6 fully saturated rings. The number of aliphatic hydroxyl groups is 5. The number of benzene rings is 2. The highest BCUT2D eigenvalue weighted by Crippen LogP contribution is 2.42. The number of likely N-dealkylation sites (N-methyl/N-ethyl adjacent to an activating group) is 1. The molecule has 6 aliphatic rings. The van der Waals surface area contributed by atoms with Gasteiger partial charge < -0.3 is 79.4 Å². The van der Waals surface area contributed by atoms with Crippen molar-refractivity contribution in [1.29, 1.82) is 0 Å². The van der Waals surface area contributed by atoms with Crippen LogP contribution in [0.2, 0.25) is 0 Å². The Balaban J connectivity index is 0.941. The number of aliphatic hydroxyl groups excluding tert-OH is 5. The average molecular weight is 929 g/mol. The Hall–Kier alpha value is -4.19. The molecule has 364 valence electrons. The van der Waals surface area contributed by atoms with E-state index in [1.54, 1.807) is 48.5 Å². The van der Waals surface area contributed by atoms with Crippen molar-refractivity contribution in [3.8, 4) is 0 Å². The second-order valence-corrected chi connectivity index (χ2v) is 18.6. The Morgan fingerprint density at radius 3 is 1.95 bits per heavy atom. The fraction of sp³-hybridized carbons (Fsp3) is 0.674. The molecule has 17 atom stereocenters. The number of ether oxygens (including phenoxy) is 8. The van der Waals surface area contributed by atoms with Gasteiger partial charge in [-0.15, -0.1) is 0 Å². The van der Waals surface area contributed by atoms with Crippen LogP contribution >= 0.6 is 0 Å². The highest BCUT2D eigenvalue weighted by molar-refractivity contribution is 5.71. The predicted octanol–water partition coefficient (Wildman–Crippen LogP) is 1.37. The van der Waals surface area contributed by atoms with Crippen LogP contribution in [0.15, 0.2) is 60.7 Å². The van der Waals surface area contributed by atoms with Crippen molar-refractivity contribution >= 4 is 18.3 Å². The summed E-state index contributed by atoms with van der Waals surface area (Å²) < 4.78 is 48.5. The van der Waals surface area contributed by atoms with Crippen LogP contribution in [-0.4, -0.2) is 166 Å². The van der Waals surface area contributed by atoms with Gasteiger partial charge in [0.1, 0.15) is 62.0 Å². The lowest BCUT2D eigenvalue weighted by molar-refractivity contribution is -0.376. The molecule has 20 heteroatoms. The summed E-state index contributed by atoms with van der Waals surface area (Å²) in [5.41, 5.74) is 1.48. The van der Waals surface area contributed by atoms with Crippen LogP contribution in [0.5, 0.6) is 0 Å². The third-order valence-corrected chi connectivity index (χ3v) is 13.9. The number of amides is 3. The Morgan fingerprint density at radius 2 is 1.33 bits per heavy atom. The van der Waals surface area contributed by atoms with Gasteiger partial charge >= 0.3 is 18.3 Å². The number of carbonyl (C=O) groups excluding carboxylic acids is 3. The molecule has 8 N–H and O–H groups in total. The molecule has 4 heterocycles. The van der Waals surface area contributed by atoms with Crippen LogP contribution in [0.3, 0.4) is 0 Å². The first kappa shape index (κ1) is 48.3. The molecule has 20 nitrogen and oxygen atoms in total. The molecule has 2 aromatic carbocycles. The van der Waals surface area contributed by atoms with Crippen LogP contribution in [-0.2, 0) is 51.1 Å². The molecule has 0 aromatic heterocycles. The van der Waals surface area contributed by atoms with Crippen LogP contribution in [0.4, 0.5) is 14.4 Å². The van der Waals surface area contributed by atoms with Crippen molar-refractivity contribution in [1.82, 2.24) is 20.9 Å². The van der Waals surface area contributed by atoms with Crippen LogP contribution in [0, 0.1) is 11.8 Å². The molecule has 8 rings (SSSR count). The third kappa shape index (κ3) is 10.9. The highest BCUT2D eigenvalue weighted by atomic mass is 16.8. The lowest BCUT2D eigenvalue weighted by Gasteiger charge is -2.51. The maximum Gasteiger partial charge on any atom is 0.410 e. The number of alkyl carbamates (subject to hydrolysis) is 2. The minimum absolute atomic E-state index is 0.0402. The van der Waals surface area contributed by atoms with Crippen molar-refractivity contribution in [2.45, 2.75) is 170 Å². The van der Waals surface area contributed by atoms with Crippen molar-refractivity contribution < 1.29 is 77.8 Å². The summed E-state index contributed by atoms with van der Waals surface area (Å²) in [5.74, 6) is 0.134. The quantitative estimate of drug-likeness (QED) is 0.132. The standard InChI is InChI=1S/C46H64N4O16/c1-23-14-16-27(17-15-23)47-32-31(20-51)62-43(37(55)35(32)53)66-42-33-40(65-46(58)50(33)3)39-30(61-42)18-24(2)41(64-39)63-38-29(49-45(57)60-22-26-12-8-5-9-13-26)19-28(34(52)36(38)54)48-44(56)59-21-25-10-6-4-7-11-25/h4-13,23-24,27-43,47,51-55H,14-22H2,1-3H3,(H,48,56)(H,49,57)/t23?,24?,27?,28-,29?,30+,31?,32-,33?,34?,35+,36-,37?,38-,39?,40?,41+,42?,43-/m1/s1. The topological polar surface area (TPSA) is 266 Å². The minimum atomic E-state index is -1.67. The van der Waals surface area contributed by atoms with E-state index in [0.29, 0.717) is 5.92 Å². The Morgan fingerprint density at radius 1 is 0.712 bits per heavy atom. The highest BCUT2D eigenvalue weighted by Gasteiger charge is 2.61. The summed E-state index contributed by atoms with van der Waals surface area (Å²) in [7, 11) is 1.50. The molecule has 2 aliphatic carbocycles. The normalized spacial score (nSPS) is 40.0. The smallest absolute Gasteiger partial charge is 0.410 e. The molecule has 4 saturated heterocycles. The van der Waals surface area contributed by atoms with Crippen LogP contribution in [0.1, 0.15) is 63.5 Å². The monoisotopic (exact) mass is 928 g/mol. The number of carbonyl (C=O) groups is 3. The number of rotatable bonds is 13. The number of hydrogen-bond acceptors (Lipinski definition) is 17. The van der Waals surface area contributed by atoms with E-state index in [0.717, 1.165) is 36.8 Å². The van der Waals surface area contributed by atoms with E-state index < -0.39 is 129 Å². The molecule has 0 spiro atoms. The molecule has 2 saturated carbocycles. The molecule has 0 radical (unpaired) electrons. The van der Waals surface area contributed by atoms with Gasteiger partial charge in [-0.1, -0.05) is 74.5 Å². The fourth-order valence-corrected chi connectivity index (χ4v) is 10.1. The van der Waals surface area contributed by atoms with Gasteiger partial charge in [-0.3, -0.25) is 4.90 Å². The van der Waals surface area contributed by atoms with Gasteiger partial charge in [0.25, 0.3) is 0 Å². The lowest BCUT2D eigenvalue weighted by Crippen LogP contribution is -2.69. The Kier molecular flexibility index (Phi) is 15.7. The summed E-state index contributed by atoms with van der Waals surface area (Å²) in [6.45, 7) is 3.46. The first-order valence-electron chi connectivity index (χ1n) is 23.0. The van der Waals surface area contributed by atoms with Crippen molar-refractivity contribution in [2.24, 2.45) is 11.8 Å². The molecule has 0 bridgehead atoms. The maximum atomic E-state index is 13.3. The summed E-state index contributed by atoms with van der Waals surface area (Å²) in [6.07, 6.45) is -13.2. The first-order chi connectivity index (χ1) is 31.8. The largest absolute Gasteiger partial charge is 0.445 e. The van der Waals surface area contributed by atoms with Crippen LogP contribution in [0.25, 0.3) is 0 Å². The van der Waals surface area contributed by atoms with Gasteiger partial charge in [-0.2, -0.15) is 0 Å². The van der Waals surface area contributed by atoms with Gasteiger partial charge in [0.2, 0.25) is 0 Å². The number of nitrogens with zero attached hydrogens (tertiary/aromatic N) is 1. The number of nitrogens with one attached hydrogen (secondary N) is 3. The van der Waals surface area contributed by atoms with Gasteiger partial charge in [0.15, 0.2) is 25.0 Å². The van der Waals surface area contributed by atoms with E-state index in [1.165, 1.54) is 11.9 Å². The Labute approximate surface area is 383 Å². The predicted molar refractivity (Wildman–Crippen MR) is 229 cm³/mol. The maximum absolute atomic E-state index is 13.3. The second kappa shape index (κ2) is 21.4. The van der Waals surface area contributed by atoms with Gasteiger partial charge in [0.05, 0.1) is 30.8 Å². The van der Waals surface area contributed by atoms with Gasteiger partial charge in [-0.05, 0) is 55.6 Å². The molecule has 9 unspecified atom stereocenters. The molecule has 2 aromatic rings. The zero-order valence-electron chi connectivity index (χ0n) is 37.3. The zero-order valence-corrected chi connectivity index (χ0v) is 37.3. The number of hydrogen-bond donors (Lipinski definition) is 8. The minimum Gasteiger partial charge on any atom is -0.445 e. The zero-order chi connectivity index (χ0) is 46.6.